The van der Waals surface area contributed by atoms with Gasteiger partial charge in [-0.1, -0.05) is 29.8 Å². The Balaban J connectivity index is 1.23. The van der Waals surface area contributed by atoms with Gasteiger partial charge in [0.2, 0.25) is 0 Å². The van der Waals surface area contributed by atoms with Crippen molar-refractivity contribution in [3.8, 4) is 11.5 Å². The van der Waals surface area contributed by atoms with Gasteiger partial charge >= 0.3 is 0 Å². The first-order chi connectivity index (χ1) is 16.4. The molecule has 0 aliphatic heterocycles. The van der Waals surface area contributed by atoms with Crippen molar-refractivity contribution in [2.24, 2.45) is 23.2 Å². The molecule has 4 aliphatic carbocycles. The number of carbonyl (C=O) groups excluding carboxylic acids is 1. The van der Waals surface area contributed by atoms with Crippen LogP contribution in [0.4, 0.5) is 5.69 Å². The van der Waals surface area contributed by atoms with Crippen LogP contribution in [0.15, 0.2) is 42.5 Å². The third kappa shape index (κ3) is 4.81. The zero-order valence-corrected chi connectivity index (χ0v) is 20.7. The van der Waals surface area contributed by atoms with Gasteiger partial charge in [0, 0.05) is 23.8 Å². The molecule has 0 radical (unpaired) electrons. The first kappa shape index (κ1) is 23.2. The van der Waals surface area contributed by atoms with Crippen molar-refractivity contribution in [2.45, 2.75) is 65.0 Å². The molecule has 4 fully saturated rings. The monoisotopic (exact) mass is 462 g/mol. The third-order valence-corrected chi connectivity index (χ3v) is 8.57. The van der Waals surface area contributed by atoms with E-state index >= 15 is 0 Å². The summed E-state index contributed by atoms with van der Waals surface area (Å²) in [4.78, 5) is 12.5. The van der Waals surface area contributed by atoms with Crippen LogP contribution in [0.1, 0.15) is 56.6 Å². The summed E-state index contributed by atoms with van der Waals surface area (Å²) in [7, 11) is 1.64. The molecule has 4 aliphatic rings. The summed E-state index contributed by atoms with van der Waals surface area (Å²) in [5.41, 5.74) is 3.40. The van der Waals surface area contributed by atoms with E-state index in [0.717, 1.165) is 34.6 Å². The molecule has 34 heavy (non-hydrogen) atoms. The molecular weight excluding hydrogens is 424 g/mol. The normalized spacial score (nSPS) is 27.9. The molecule has 0 aromatic heterocycles. The molecular formula is C29H38N2O3. The number of ether oxygens (including phenoxy) is 2. The van der Waals surface area contributed by atoms with Crippen LogP contribution in [0, 0.1) is 30.1 Å². The lowest BCUT2D eigenvalue weighted by molar-refractivity contribution is -0.118. The van der Waals surface area contributed by atoms with Crippen LogP contribution in [0.25, 0.3) is 0 Å². The molecule has 2 aromatic rings. The number of nitrogens with one attached hydrogen (secondary N) is 2. The van der Waals surface area contributed by atoms with Gasteiger partial charge in [0.15, 0.2) is 18.1 Å². The zero-order chi connectivity index (χ0) is 23.7. The van der Waals surface area contributed by atoms with Gasteiger partial charge < -0.3 is 20.1 Å². The van der Waals surface area contributed by atoms with E-state index in [-0.39, 0.29) is 12.5 Å². The maximum Gasteiger partial charge on any atom is 0.262 e. The molecule has 4 saturated carbocycles. The summed E-state index contributed by atoms with van der Waals surface area (Å²) in [5, 5.41) is 6.74. The molecule has 1 unspecified atom stereocenters. The predicted octanol–water partition coefficient (Wildman–Crippen LogP) is 5.72. The lowest BCUT2D eigenvalue weighted by Gasteiger charge is -2.59. The van der Waals surface area contributed by atoms with Gasteiger partial charge in [-0.05, 0) is 93.7 Å². The molecule has 0 spiro atoms. The number of anilines is 1. The second kappa shape index (κ2) is 9.61. The van der Waals surface area contributed by atoms with E-state index in [1.807, 2.05) is 43.3 Å². The van der Waals surface area contributed by atoms with E-state index in [1.165, 1.54) is 38.5 Å². The zero-order valence-electron chi connectivity index (χ0n) is 20.7. The Hall–Kier alpha value is -2.53. The number of hydrogen-bond donors (Lipinski definition) is 2. The van der Waals surface area contributed by atoms with Gasteiger partial charge in [0.05, 0.1) is 7.11 Å². The Bertz CT molecular complexity index is 981. The molecule has 0 heterocycles. The fourth-order valence-corrected chi connectivity index (χ4v) is 7.18. The standard InChI is InChI=1S/C29H38N2O3/c1-19-7-9-25(10-8-19)31-27(32)18-34-28-24(5-4-6-26(28)33-3)17-30-20(2)29-14-21-11-22(15-29)13-23(12-21)16-29/h4-10,20-23,30H,11-18H2,1-3H3,(H,31,32). The molecule has 2 aromatic carbocycles. The number of benzene rings is 2. The molecule has 5 heteroatoms. The van der Waals surface area contributed by atoms with Crippen molar-refractivity contribution in [1.29, 1.82) is 0 Å². The van der Waals surface area contributed by atoms with Crippen molar-refractivity contribution in [3.63, 3.8) is 0 Å². The van der Waals surface area contributed by atoms with Crippen molar-refractivity contribution >= 4 is 11.6 Å². The molecule has 4 bridgehead atoms. The Morgan fingerprint density at radius 3 is 2.29 bits per heavy atom. The van der Waals surface area contributed by atoms with Crippen molar-refractivity contribution in [3.05, 3.63) is 53.6 Å². The number of carbonyl (C=O) groups is 1. The third-order valence-electron chi connectivity index (χ3n) is 8.57. The predicted molar refractivity (Wildman–Crippen MR) is 135 cm³/mol. The van der Waals surface area contributed by atoms with Gasteiger partial charge in [0.1, 0.15) is 0 Å². The lowest BCUT2D eigenvalue weighted by atomic mass is 9.48. The highest BCUT2D eigenvalue weighted by Gasteiger charge is 2.52. The Kier molecular flexibility index (Phi) is 6.57. The molecule has 182 valence electrons. The van der Waals surface area contributed by atoms with Crippen molar-refractivity contribution in [1.82, 2.24) is 5.32 Å². The van der Waals surface area contributed by atoms with E-state index in [4.69, 9.17) is 9.47 Å². The highest BCUT2D eigenvalue weighted by molar-refractivity contribution is 5.91. The van der Waals surface area contributed by atoms with Gasteiger partial charge in [-0.2, -0.15) is 0 Å². The van der Waals surface area contributed by atoms with Gasteiger partial charge in [-0.3, -0.25) is 4.79 Å². The summed E-state index contributed by atoms with van der Waals surface area (Å²) in [5.74, 6) is 3.95. The van der Waals surface area contributed by atoms with E-state index in [9.17, 15) is 4.79 Å². The molecule has 1 atom stereocenters. The fraction of sp³-hybridized carbons (Fsp3) is 0.552. The van der Waals surface area contributed by atoms with Crippen LogP contribution in [0.5, 0.6) is 11.5 Å². The van der Waals surface area contributed by atoms with Crippen LogP contribution in [-0.4, -0.2) is 25.7 Å². The second-order valence-electron chi connectivity index (χ2n) is 11.0. The van der Waals surface area contributed by atoms with Gasteiger partial charge in [-0.15, -0.1) is 0 Å². The maximum absolute atomic E-state index is 12.5. The van der Waals surface area contributed by atoms with E-state index in [0.29, 0.717) is 29.5 Å². The molecule has 0 saturated heterocycles. The number of rotatable bonds is 9. The second-order valence-corrected chi connectivity index (χ2v) is 11.0. The smallest absolute Gasteiger partial charge is 0.262 e. The van der Waals surface area contributed by atoms with Crippen molar-refractivity contribution in [2.75, 3.05) is 19.0 Å². The van der Waals surface area contributed by atoms with Crippen LogP contribution >= 0.6 is 0 Å². The van der Waals surface area contributed by atoms with E-state index < -0.39 is 0 Å². The summed E-state index contributed by atoms with van der Waals surface area (Å²) in [6, 6.07) is 14.2. The summed E-state index contributed by atoms with van der Waals surface area (Å²) >= 11 is 0. The Morgan fingerprint density at radius 1 is 1.03 bits per heavy atom. The van der Waals surface area contributed by atoms with Crippen LogP contribution in [0.2, 0.25) is 0 Å². The maximum atomic E-state index is 12.5. The molecule has 2 N–H and O–H groups in total. The largest absolute Gasteiger partial charge is 0.493 e. The summed E-state index contributed by atoms with van der Waals surface area (Å²) in [6.07, 6.45) is 8.54. The first-order valence-electron chi connectivity index (χ1n) is 12.8. The molecule has 6 rings (SSSR count). The van der Waals surface area contributed by atoms with Crippen LogP contribution in [-0.2, 0) is 11.3 Å². The number of aryl methyl sites for hydroxylation is 1. The number of para-hydroxylation sites is 1. The SMILES string of the molecule is COc1cccc(CNC(C)C23CC4CC(CC(C4)C2)C3)c1OCC(=O)Nc1ccc(C)cc1. The summed E-state index contributed by atoms with van der Waals surface area (Å²) < 4.78 is 11.6. The quantitative estimate of drug-likeness (QED) is 0.501. The van der Waals surface area contributed by atoms with Crippen molar-refractivity contribution < 1.29 is 14.3 Å². The minimum absolute atomic E-state index is 0.0637. The van der Waals surface area contributed by atoms with Crippen LogP contribution < -0.4 is 20.1 Å². The molecule has 5 nitrogen and oxygen atoms in total. The van der Waals surface area contributed by atoms with E-state index in [2.05, 4.69) is 23.6 Å². The topological polar surface area (TPSA) is 59.6 Å². The minimum atomic E-state index is -0.185. The first-order valence-corrected chi connectivity index (χ1v) is 12.8. The van der Waals surface area contributed by atoms with Gasteiger partial charge in [0.25, 0.3) is 5.91 Å². The Labute approximate surface area is 203 Å². The summed E-state index contributed by atoms with van der Waals surface area (Å²) in [6.45, 7) is 5.04. The fourth-order valence-electron chi connectivity index (χ4n) is 7.18. The lowest BCUT2D eigenvalue weighted by Crippen LogP contribution is -2.54. The highest BCUT2D eigenvalue weighted by Crippen LogP contribution is 2.61. The highest BCUT2D eigenvalue weighted by atomic mass is 16.5. The van der Waals surface area contributed by atoms with Crippen LogP contribution in [0.3, 0.4) is 0 Å². The average Bonchev–Trinajstić information content (AvgIpc) is 2.82. The number of hydrogen-bond acceptors (Lipinski definition) is 4. The number of methoxy groups -OCH3 is 1. The molecule has 1 amide bonds. The van der Waals surface area contributed by atoms with Gasteiger partial charge in [-0.25, -0.2) is 0 Å². The Morgan fingerprint density at radius 2 is 1.68 bits per heavy atom. The number of amides is 1. The average molecular weight is 463 g/mol. The minimum Gasteiger partial charge on any atom is -0.493 e. The van der Waals surface area contributed by atoms with E-state index in [1.54, 1.807) is 7.11 Å².